The van der Waals surface area contributed by atoms with Crippen molar-refractivity contribution in [2.75, 3.05) is 0 Å². The van der Waals surface area contributed by atoms with E-state index in [4.69, 9.17) is 28.4 Å². The Bertz CT molecular complexity index is 1350. The molecule has 1 N–H and O–H groups in total. The van der Waals surface area contributed by atoms with E-state index in [1.54, 1.807) is 6.92 Å². The largest absolute Gasteiger partial charge is 0.459 e. The molecule has 0 aromatic carbocycles. The van der Waals surface area contributed by atoms with Crippen molar-refractivity contribution in [3.63, 3.8) is 0 Å². The van der Waals surface area contributed by atoms with Gasteiger partial charge in [-0.25, -0.2) is 4.79 Å². The highest BCUT2D eigenvalue weighted by Gasteiger charge is 2.93. The van der Waals surface area contributed by atoms with Crippen LogP contribution < -0.4 is 0 Å². The van der Waals surface area contributed by atoms with E-state index in [1.807, 2.05) is 13.8 Å². The van der Waals surface area contributed by atoms with Gasteiger partial charge >= 0.3 is 29.8 Å². The molecule has 0 spiro atoms. The van der Waals surface area contributed by atoms with Crippen molar-refractivity contribution in [1.82, 2.24) is 0 Å². The van der Waals surface area contributed by atoms with E-state index >= 15 is 0 Å². The predicted octanol–water partition coefficient (Wildman–Crippen LogP) is 2.44. The number of epoxide rings is 1. The highest BCUT2D eigenvalue weighted by atomic mass is 16.7. The summed E-state index contributed by atoms with van der Waals surface area (Å²) in [4.78, 5) is 63.8. The van der Waals surface area contributed by atoms with E-state index in [9.17, 15) is 29.1 Å². The molecule has 3 saturated carbocycles. The molecule has 0 aromatic rings. The van der Waals surface area contributed by atoms with Gasteiger partial charge in [-0.3, -0.25) is 19.2 Å². The minimum Gasteiger partial charge on any atom is -0.459 e. The van der Waals surface area contributed by atoms with Crippen molar-refractivity contribution < 1.29 is 57.5 Å². The van der Waals surface area contributed by atoms with Crippen LogP contribution in [0.4, 0.5) is 0 Å². The number of esters is 5. The number of aliphatic hydroxyl groups is 1. The molecular weight excluding hydrogens is 564 g/mol. The number of rotatable bonds is 6. The number of ether oxygens (including phenoxy) is 6. The second-order valence-corrected chi connectivity index (χ2v) is 13.0. The zero-order chi connectivity index (χ0) is 32.0. The fourth-order valence-corrected chi connectivity index (χ4v) is 8.36. The molecule has 43 heavy (non-hydrogen) atoms. The molecule has 4 fully saturated rings. The predicted molar refractivity (Wildman–Crippen MR) is 145 cm³/mol. The summed E-state index contributed by atoms with van der Waals surface area (Å²) in [7, 11) is 0. The van der Waals surface area contributed by atoms with Gasteiger partial charge in [0, 0.05) is 43.8 Å². The van der Waals surface area contributed by atoms with Crippen molar-refractivity contribution in [2.45, 2.75) is 116 Å². The lowest BCUT2D eigenvalue weighted by Gasteiger charge is -2.51. The zero-order valence-electron chi connectivity index (χ0n) is 25.8. The molecule has 12 nitrogen and oxygen atoms in total. The van der Waals surface area contributed by atoms with E-state index in [0.717, 1.165) is 6.92 Å². The fraction of sp³-hybridized carbons (Fsp3) is 0.710. The lowest BCUT2D eigenvalue weighted by molar-refractivity contribution is -0.219. The third-order valence-corrected chi connectivity index (χ3v) is 10.0. The maximum absolute atomic E-state index is 13.2. The monoisotopic (exact) mass is 604 g/mol. The zero-order valence-corrected chi connectivity index (χ0v) is 25.8. The Morgan fingerprint density at radius 3 is 2.23 bits per heavy atom. The van der Waals surface area contributed by atoms with Crippen LogP contribution >= 0.6 is 0 Å². The summed E-state index contributed by atoms with van der Waals surface area (Å²) in [6, 6.07) is 0. The normalized spacial score (nSPS) is 43.2. The summed E-state index contributed by atoms with van der Waals surface area (Å²) in [6.07, 6.45) is -2.88. The van der Waals surface area contributed by atoms with Gasteiger partial charge in [0.25, 0.3) is 5.79 Å². The van der Waals surface area contributed by atoms with Gasteiger partial charge in [-0.2, -0.15) is 0 Å². The van der Waals surface area contributed by atoms with Gasteiger partial charge in [0.1, 0.15) is 29.0 Å². The Morgan fingerprint density at radius 2 is 1.67 bits per heavy atom. The molecule has 0 aromatic heterocycles. The maximum Gasteiger partial charge on any atom is 0.337 e. The molecule has 11 atom stereocenters. The first-order valence-corrected chi connectivity index (χ1v) is 14.7. The lowest BCUT2D eigenvalue weighted by atomic mass is 9.55. The van der Waals surface area contributed by atoms with Crippen molar-refractivity contribution >= 4 is 29.8 Å². The number of carbonyl (C=O) groups is 5. The van der Waals surface area contributed by atoms with Gasteiger partial charge in [-0.05, 0) is 38.2 Å². The minimum absolute atomic E-state index is 0.0677. The quantitative estimate of drug-likeness (QED) is 0.204. The number of hydrogen-bond donors (Lipinski definition) is 1. The molecule has 12 heteroatoms. The topological polar surface area (TPSA) is 164 Å². The van der Waals surface area contributed by atoms with Crippen molar-refractivity contribution in [3.05, 3.63) is 23.3 Å². The molecule has 2 aliphatic heterocycles. The molecule has 5 aliphatic rings. The smallest absolute Gasteiger partial charge is 0.337 e. The average molecular weight is 605 g/mol. The highest BCUT2D eigenvalue weighted by Crippen LogP contribution is 2.77. The summed E-state index contributed by atoms with van der Waals surface area (Å²) < 4.78 is 35.9. The van der Waals surface area contributed by atoms with E-state index in [0.29, 0.717) is 12.0 Å². The Labute approximate surface area is 250 Å². The molecule has 1 saturated heterocycles. The Balaban J connectivity index is 1.80. The van der Waals surface area contributed by atoms with Crippen LogP contribution in [0.2, 0.25) is 0 Å². The van der Waals surface area contributed by atoms with Crippen LogP contribution in [-0.4, -0.2) is 75.9 Å². The fourth-order valence-electron chi connectivity index (χ4n) is 8.36. The van der Waals surface area contributed by atoms with Gasteiger partial charge in [0.2, 0.25) is 0 Å². The summed E-state index contributed by atoms with van der Waals surface area (Å²) in [5.74, 6) is -8.33. The molecule has 0 unspecified atom stereocenters. The van der Waals surface area contributed by atoms with Gasteiger partial charge in [0.05, 0.1) is 12.3 Å². The van der Waals surface area contributed by atoms with Crippen molar-refractivity contribution in [1.29, 1.82) is 0 Å². The van der Waals surface area contributed by atoms with Crippen LogP contribution in [0.5, 0.6) is 0 Å². The number of hydrogen-bond acceptors (Lipinski definition) is 12. The van der Waals surface area contributed by atoms with Crippen LogP contribution in [-0.2, 0) is 52.4 Å². The third-order valence-electron chi connectivity index (χ3n) is 10.0. The summed E-state index contributed by atoms with van der Waals surface area (Å²) >= 11 is 0. The van der Waals surface area contributed by atoms with Crippen LogP contribution in [0.3, 0.4) is 0 Å². The third kappa shape index (κ3) is 4.19. The lowest BCUT2D eigenvalue weighted by Crippen LogP contribution is -2.67. The standard InChI is InChI=1S/C31H40O12/c1-10-13(2)25(35)40-24-14(3)11-29-27(39-18(7)33)28(9,37)23-21-16(5)26(36)42-30(21,41-19(8)34)12-20(38-17(6)32)15(4)22(23)31(24,29)43-29/h13-14,20,22-24,27,37H,4,10-12H2,1-3,5-9H3/t13-,14+,20-,22+,23+,24+,27-,28+,29+,30-,31+/m0/s1. The SMILES string of the molecule is C=C1[C@@H](OC(C)=O)C[C@]2(OC(C)=O)OC(=O)C(C)=C2[C@@H]2[C@@H]1[C@]13O[C@]1(C[C@@H](C)[C@H]3OC(=O)[C@@H](C)CC)[C@@H](OC(C)=O)[C@]2(C)O. The Kier molecular flexibility index (Phi) is 7.17. The second-order valence-electron chi connectivity index (χ2n) is 13.0. The van der Waals surface area contributed by atoms with E-state index in [-0.39, 0.29) is 29.9 Å². The van der Waals surface area contributed by atoms with Gasteiger partial charge < -0.3 is 33.5 Å². The summed E-state index contributed by atoms with van der Waals surface area (Å²) in [5, 5.41) is 12.5. The Hall–Kier alpha value is -3.25. The van der Waals surface area contributed by atoms with Crippen LogP contribution in [0, 0.1) is 23.7 Å². The molecule has 0 bridgehead atoms. The van der Waals surface area contributed by atoms with Gasteiger partial charge in [-0.15, -0.1) is 0 Å². The van der Waals surface area contributed by atoms with Crippen molar-refractivity contribution in [2.24, 2.45) is 23.7 Å². The van der Waals surface area contributed by atoms with Crippen LogP contribution in [0.25, 0.3) is 0 Å². The van der Waals surface area contributed by atoms with E-state index < -0.39 is 88.5 Å². The molecule has 3 aliphatic carbocycles. The van der Waals surface area contributed by atoms with Gasteiger partial charge in [0.15, 0.2) is 6.10 Å². The van der Waals surface area contributed by atoms with Crippen LogP contribution in [0.15, 0.2) is 23.3 Å². The van der Waals surface area contributed by atoms with E-state index in [1.165, 1.54) is 27.7 Å². The van der Waals surface area contributed by atoms with Crippen LogP contribution in [0.1, 0.15) is 74.7 Å². The van der Waals surface area contributed by atoms with E-state index in [2.05, 4.69) is 6.58 Å². The average Bonchev–Trinajstić information content (AvgIpc) is 3.43. The van der Waals surface area contributed by atoms with Gasteiger partial charge in [-0.1, -0.05) is 27.4 Å². The number of carbonyl (C=O) groups excluding carboxylic acids is 5. The summed E-state index contributed by atoms with van der Waals surface area (Å²) in [6.45, 7) is 16.3. The summed E-state index contributed by atoms with van der Waals surface area (Å²) in [5.41, 5.74) is -4.18. The Morgan fingerprint density at radius 1 is 1.05 bits per heavy atom. The number of fused-ring (bicyclic) bond motifs is 3. The van der Waals surface area contributed by atoms with Crippen molar-refractivity contribution in [3.8, 4) is 0 Å². The molecule has 5 rings (SSSR count). The minimum atomic E-state index is -2.07. The first-order chi connectivity index (χ1) is 19.9. The molecule has 236 valence electrons. The molecule has 0 amide bonds. The molecule has 2 heterocycles. The highest BCUT2D eigenvalue weighted by molar-refractivity contribution is 5.93. The maximum atomic E-state index is 13.2. The molecule has 0 radical (unpaired) electrons. The first-order valence-electron chi connectivity index (χ1n) is 14.7. The first kappa shape index (κ1) is 31.2. The molecular formula is C31H40O12. The second kappa shape index (κ2) is 9.88.